The van der Waals surface area contributed by atoms with Crippen molar-refractivity contribution in [2.24, 2.45) is 17.4 Å². The first kappa shape index (κ1) is 15.6. The summed E-state index contributed by atoms with van der Waals surface area (Å²) in [5.74, 6) is -0.910. The molecular formula is C14H22N2O3. The predicted molar refractivity (Wildman–Crippen MR) is 73.5 cm³/mol. The molecule has 0 aromatic heterocycles. The molecule has 6 N–H and O–H groups in total. The van der Waals surface area contributed by atoms with Crippen molar-refractivity contribution in [1.29, 1.82) is 0 Å². The number of aliphatic carboxylic acids is 1. The zero-order valence-electron chi connectivity index (χ0n) is 11.3. The molecule has 0 fully saturated rings. The number of benzene rings is 1. The molecule has 106 valence electrons. The first-order valence-corrected chi connectivity index (χ1v) is 6.34. The average Bonchev–Trinajstić information content (AvgIpc) is 2.65. The quantitative estimate of drug-likeness (QED) is 0.628. The SMILES string of the molecule is CC(C)[C@H](N)C(=O)O.NC1c2ccccc2CC1O. The molecule has 1 aromatic carbocycles. The summed E-state index contributed by atoms with van der Waals surface area (Å²) in [4.78, 5) is 10.0. The molecule has 0 heterocycles. The number of carbonyl (C=O) groups is 1. The monoisotopic (exact) mass is 266 g/mol. The summed E-state index contributed by atoms with van der Waals surface area (Å²) in [5, 5.41) is 17.6. The van der Waals surface area contributed by atoms with Gasteiger partial charge in [0, 0.05) is 6.42 Å². The van der Waals surface area contributed by atoms with Crippen LogP contribution in [0.5, 0.6) is 0 Å². The number of hydrogen-bond donors (Lipinski definition) is 4. The fourth-order valence-corrected chi connectivity index (χ4v) is 1.89. The summed E-state index contributed by atoms with van der Waals surface area (Å²) >= 11 is 0. The van der Waals surface area contributed by atoms with E-state index in [-0.39, 0.29) is 18.1 Å². The van der Waals surface area contributed by atoms with Gasteiger partial charge in [0.1, 0.15) is 6.04 Å². The molecule has 5 heteroatoms. The maximum atomic E-state index is 10.0. The maximum absolute atomic E-state index is 10.0. The van der Waals surface area contributed by atoms with E-state index in [0.29, 0.717) is 6.42 Å². The van der Waals surface area contributed by atoms with Gasteiger partial charge in [-0.25, -0.2) is 0 Å². The summed E-state index contributed by atoms with van der Waals surface area (Å²) in [7, 11) is 0. The number of fused-ring (bicyclic) bond motifs is 1. The van der Waals surface area contributed by atoms with E-state index >= 15 is 0 Å². The smallest absolute Gasteiger partial charge is 0.320 e. The number of nitrogens with two attached hydrogens (primary N) is 2. The molecule has 1 aliphatic rings. The number of aliphatic hydroxyl groups excluding tert-OH is 1. The van der Waals surface area contributed by atoms with Crippen LogP contribution in [0.2, 0.25) is 0 Å². The van der Waals surface area contributed by atoms with E-state index in [4.69, 9.17) is 16.6 Å². The van der Waals surface area contributed by atoms with Crippen LogP contribution in [0.15, 0.2) is 24.3 Å². The van der Waals surface area contributed by atoms with Crippen molar-refractivity contribution >= 4 is 5.97 Å². The van der Waals surface area contributed by atoms with Gasteiger partial charge in [-0.05, 0) is 17.0 Å². The molecule has 0 spiro atoms. The highest BCUT2D eigenvalue weighted by molar-refractivity contribution is 5.73. The molecule has 3 atom stereocenters. The van der Waals surface area contributed by atoms with Crippen LogP contribution in [0.4, 0.5) is 0 Å². The molecule has 1 aliphatic carbocycles. The molecule has 2 rings (SSSR count). The number of aliphatic hydroxyl groups is 1. The molecular weight excluding hydrogens is 244 g/mol. The first-order valence-electron chi connectivity index (χ1n) is 6.34. The highest BCUT2D eigenvalue weighted by atomic mass is 16.4. The third-order valence-electron chi connectivity index (χ3n) is 3.26. The van der Waals surface area contributed by atoms with Gasteiger partial charge in [-0.15, -0.1) is 0 Å². The molecule has 2 unspecified atom stereocenters. The van der Waals surface area contributed by atoms with Gasteiger partial charge in [0.15, 0.2) is 0 Å². The molecule has 0 saturated carbocycles. The van der Waals surface area contributed by atoms with E-state index in [1.54, 1.807) is 13.8 Å². The van der Waals surface area contributed by atoms with Crippen LogP contribution >= 0.6 is 0 Å². The van der Waals surface area contributed by atoms with Crippen molar-refractivity contribution in [3.63, 3.8) is 0 Å². The van der Waals surface area contributed by atoms with Crippen molar-refractivity contribution < 1.29 is 15.0 Å². The van der Waals surface area contributed by atoms with Crippen LogP contribution in [-0.2, 0) is 11.2 Å². The van der Waals surface area contributed by atoms with Crippen molar-refractivity contribution in [2.45, 2.75) is 38.5 Å². The number of rotatable bonds is 2. The molecule has 1 aromatic rings. The minimum Gasteiger partial charge on any atom is -0.480 e. The fraction of sp³-hybridized carbons (Fsp3) is 0.500. The Labute approximate surface area is 113 Å². The van der Waals surface area contributed by atoms with Gasteiger partial charge in [0.2, 0.25) is 0 Å². The zero-order valence-corrected chi connectivity index (χ0v) is 11.3. The standard InChI is InChI=1S/C9H11NO.C5H11NO2/c10-9-7-4-2-1-3-6(7)5-8(9)11;1-3(2)4(6)5(7)8/h1-4,8-9,11H,5,10H2;3-4H,6H2,1-2H3,(H,7,8)/t;4-/m.0/s1. The van der Waals surface area contributed by atoms with Crippen LogP contribution in [-0.4, -0.2) is 28.3 Å². The summed E-state index contributed by atoms with van der Waals surface area (Å²) in [6.07, 6.45) is 0.324. The van der Waals surface area contributed by atoms with Crippen LogP contribution in [0.1, 0.15) is 31.0 Å². The van der Waals surface area contributed by atoms with Gasteiger partial charge >= 0.3 is 5.97 Å². The topological polar surface area (TPSA) is 110 Å². The van der Waals surface area contributed by atoms with Gasteiger partial charge in [0.05, 0.1) is 12.1 Å². The van der Waals surface area contributed by atoms with Gasteiger partial charge < -0.3 is 21.7 Å². The third kappa shape index (κ3) is 4.02. The Hall–Kier alpha value is -1.43. The van der Waals surface area contributed by atoms with E-state index < -0.39 is 12.0 Å². The lowest BCUT2D eigenvalue weighted by Crippen LogP contribution is -2.34. The summed E-state index contributed by atoms with van der Waals surface area (Å²) in [5.41, 5.74) is 13.2. The van der Waals surface area contributed by atoms with E-state index in [9.17, 15) is 9.90 Å². The Kier molecular flexibility index (Phi) is 5.47. The second-order valence-electron chi connectivity index (χ2n) is 5.10. The van der Waals surface area contributed by atoms with E-state index in [0.717, 1.165) is 5.56 Å². The largest absolute Gasteiger partial charge is 0.480 e. The average molecular weight is 266 g/mol. The molecule has 19 heavy (non-hydrogen) atoms. The van der Waals surface area contributed by atoms with Crippen molar-refractivity contribution in [3.8, 4) is 0 Å². The minimum atomic E-state index is -0.931. The molecule has 5 nitrogen and oxygen atoms in total. The highest BCUT2D eigenvalue weighted by Gasteiger charge is 2.26. The van der Waals surface area contributed by atoms with E-state index in [1.807, 2.05) is 24.3 Å². The van der Waals surface area contributed by atoms with E-state index in [2.05, 4.69) is 0 Å². The molecule has 0 aliphatic heterocycles. The lowest BCUT2D eigenvalue weighted by atomic mass is 10.1. The van der Waals surface area contributed by atoms with Gasteiger partial charge in [-0.3, -0.25) is 4.79 Å². The lowest BCUT2D eigenvalue weighted by molar-refractivity contribution is -0.139. The van der Waals surface area contributed by atoms with Crippen LogP contribution < -0.4 is 11.5 Å². The Morgan fingerprint density at radius 1 is 1.37 bits per heavy atom. The van der Waals surface area contributed by atoms with Crippen molar-refractivity contribution in [2.75, 3.05) is 0 Å². The summed E-state index contributed by atoms with van der Waals surface area (Å²) < 4.78 is 0. The molecule has 0 radical (unpaired) electrons. The Morgan fingerprint density at radius 3 is 2.37 bits per heavy atom. The number of carboxylic acid groups (broad SMARTS) is 1. The number of carboxylic acids is 1. The Balaban J connectivity index is 0.000000203. The van der Waals surface area contributed by atoms with E-state index in [1.165, 1.54) is 5.56 Å². The molecule has 0 amide bonds. The van der Waals surface area contributed by atoms with Crippen molar-refractivity contribution in [1.82, 2.24) is 0 Å². The molecule has 0 bridgehead atoms. The maximum Gasteiger partial charge on any atom is 0.320 e. The van der Waals surface area contributed by atoms with Gasteiger partial charge in [0.25, 0.3) is 0 Å². The summed E-state index contributed by atoms with van der Waals surface area (Å²) in [6, 6.07) is 7.04. The zero-order chi connectivity index (χ0) is 14.6. The van der Waals surface area contributed by atoms with Crippen LogP contribution in [0, 0.1) is 5.92 Å². The summed E-state index contributed by atoms with van der Waals surface area (Å²) in [6.45, 7) is 3.55. The Morgan fingerprint density at radius 2 is 1.95 bits per heavy atom. The predicted octanol–water partition coefficient (Wildman–Crippen LogP) is 0.658. The first-order chi connectivity index (χ1) is 8.84. The van der Waals surface area contributed by atoms with Crippen molar-refractivity contribution in [3.05, 3.63) is 35.4 Å². The Bertz CT molecular complexity index is 434. The molecule has 0 saturated heterocycles. The lowest BCUT2D eigenvalue weighted by Gasteiger charge is -2.07. The third-order valence-corrected chi connectivity index (χ3v) is 3.26. The normalized spacial score (nSPS) is 22.4. The highest BCUT2D eigenvalue weighted by Crippen LogP contribution is 2.28. The van der Waals surface area contributed by atoms with Gasteiger partial charge in [-0.1, -0.05) is 38.1 Å². The minimum absolute atomic E-state index is 0.0208. The van der Waals surface area contributed by atoms with Crippen LogP contribution in [0.25, 0.3) is 0 Å². The fourth-order valence-electron chi connectivity index (χ4n) is 1.89. The van der Waals surface area contributed by atoms with Crippen LogP contribution in [0.3, 0.4) is 0 Å². The second kappa shape index (κ2) is 6.65. The number of hydrogen-bond acceptors (Lipinski definition) is 4. The van der Waals surface area contributed by atoms with Gasteiger partial charge in [-0.2, -0.15) is 0 Å². The second-order valence-corrected chi connectivity index (χ2v) is 5.10.